The summed E-state index contributed by atoms with van der Waals surface area (Å²) in [5.74, 6) is -0.667. The van der Waals surface area contributed by atoms with Crippen molar-refractivity contribution in [1.29, 1.82) is 0 Å². The second-order valence-electron chi connectivity index (χ2n) is 10.4. The third-order valence-electron chi connectivity index (χ3n) is 7.95. The summed E-state index contributed by atoms with van der Waals surface area (Å²) >= 11 is 1.45. The second kappa shape index (κ2) is 10.6. The molecule has 2 amide bonds. The van der Waals surface area contributed by atoms with E-state index in [4.69, 9.17) is 0 Å². The van der Waals surface area contributed by atoms with Crippen LogP contribution in [0.1, 0.15) is 47.1 Å². The summed E-state index contributed by atoms with van der Waals surface area (Å²) in [5, 5.41) is 15.3. The lowest BCUT2D eigenvalue weighted by atomic mass is 9.96. The summed E-state index contributed by atoms with van der Waals surface area (Å²) in [6, 6.07) is 3.53. The number of rotatable bonds is 7. The Balaban J connectivity index is 1.20. The van der Waals surface area contributed by atoms with Crippen LogP contribution in [0, 0.1) is 5.82 Å². The van der Waals surface area contributed by atoms with Crippen LogP contribution in [0.4, 0.5) is 4.39 Å². The molecule has 0 saturated heterocycles. The quantitative estimate of drug-likeness (QED) is 0.307. The lowest BCUT2D eigenvalue weighted by Gasteiger charge is -2.28. The number of fused-ring (bicyclic) bond motifs is 2. The number of hydrogen-bond acceptors (Lipinski definition) is 7. The first kappa shape index (κ1) is 26.3. The Labute approximate surface area is 244 Å². The molecule has 2 aliphatic rings. The Morgan fingerprint density at radius 1 is 1.12 bits per heavy atom. The largest absolute Gasteiger partial charge is 0.348 e. The van der Waals surface area contributed by atoms with Gasteiger partial charge in [0.05, 0.1) is 36.7 Å². The molecule has 1 N–H and O–H groups in total. The topological polar surface area (TPSA) is 118 Å². The maximum absolute atomic E-state index is 16.3. The Hall–Kier alpha value is -4.65. The molecule has 7 rings (SSSR count). The van der Waals surface area contributed by atoms with Gasteiger partial charge in [-0.25, -0.2) is 9.37 Å². The predicted octanol–water partition coefficient (Wildman–Crippen LogP) is 4.10. The van der Waals surface area contributed by atoms with Crippen molar-refractivity contribution in [2.75, 3.05) is 13.1 Å². The number of aromatic amines is 1. The summed E-state index contributed by atoms with van der Waals surface area (Å²) in [4.78, 5) is 37.7. The van der Waals surface area contributed by atoms with E-state index in [1.165, 1.54) is 11.3 Å². The van der Waals surface area contributed by atoms with Crippen LogP contribution >= 0.6 is 11.3 Å². The van der Waals surface area contributed by atoms with Crippen LogP contribution in [0.15, 0.2) is 48.4 Å². The number of hydrogen-bond donors (Lipinski definition) is 1. The van der Waals surface area contributed by atoms with E-state index < -0.39 is 5.82 Å². The maximum atomic E-state index is 16.3. The van der Waals surface area contributed by atoms with E-state index in [2.05, 4.69) is 25.4 Å². The van der Waals surface area contributed by atoms with Gasteiger partial charge in [-0.2, -0.15) is 5.10 Å². The molecule has 1 aromatic carbocycles. The number of benzene rings is 1. The maximum Gasteiger partial charge on any atom is 0.270 e. The molecular formula is C29H28FN9O2S. The van der Waals surface area contributed by atoms with Crippen LogP contribution in [0.25, 0.3) is 27.0 Å². The van der Waals surface area contributed by atoms with Crippen molar-refractivity contribution in [1.82, 2.24) is 44.5 Å². The van der Waals surface area contributed by atoms with Crippen LogP contribution in [0.3, 0.4) is 0 Å². The zero-order valence-corrected chi connectivity index (χ0v) is 23.8. The number of aromatic nitrogens is 7. The summed E-state index contributed by atoms with van der Waals surface area (Å²) in [5.41, 5.74) is 4.52. The molecule has 6 heterocycles. The summed E-state index contributed by atoms with van der Waals surface area (Å²) in [6.45, 7) is 4.96. The van der Waals surface area contributed by atoms with Crippen LogP contribution < -0.4 is 0 Å². The zero-order chi connectivity index (χ0) is 28.8. The van der Waals surface area contributed by atoms with E-state index in [0.717, 1.165) is 33.9 Å². The molecule has 42 heavy (non-hydrogen) atoms. The minimum atomic E-state index is -0.446. The monoisotopic (exact) mass is 585 g/mol. The van der Waals surface area contributed by atoms with Gasteiger partial charge in [0.25, 0.3) is 5.91 Å². The van der Waals surface area contributed by atoms with Crippen molar-refractivity contribution in [3.05, 3.63) is 76.7 Å². The molecule has 11 nitrogen and oxygen atoms in total. The first-order valence-corrected chi connectivity index (χ1v) is 14.8. The lowest BCUT2D eigenvalue weighted by Crippen LogP contribution is -2.36. The molecule has 0 unspecified atom stereocenters. The molecule has 4 aromatic heterocycles. The van der Waals surface area contributed by atoms with Gasteiger partial charge in [0.15, 0.2) is 5.82 Å². The molecule has 0 aliphatic carbocycles. The minimum absolute atomic E-state index is 0.0247. The highest BCUT2D eigenvalue weighted by Gasteiger charge is 2.30. The highest BCUT2D eigenvalue weighted by Crippen LogP contribution is 2.38. The number of carbonyl (C=O) groups excluding carboxylic acids is 2. The Bertz CT molecular complexity index is 1820. The van der Waals surface area contributed by atoms with Crippen LogP contribution in [0.2, 0.25) is 0 Å². The molecule has 0 fully saturated rings. The van der Waals surface area contributed by atoms with E-state index in [1.54, 1.807) is 45.2 Å². The standard InChI is InChI=1S/C29H28FN9O2S/c1-2-39-24-17-37(16-19(24)14-33-39)29(41)23-13-21-22(28-31-7-11-42-28)12-20(26(30)27(21)34-23)18-4-3-8-36(15-18)25(40)5-9-38-10-6-32-35-38/h4,6-7,10-14,34H,2-3,5,8-9,15-17H2,1H3. The number of halogens is 1. The average molecular weight is 586 g/mol. The highest BCUT2D eigenvalue weighted by atomic mass is 32.1. The van der Waals surface area contributed by atoms with Crippen molar-refractivity contribution in [2.45, 2.75) is 45.9 Å². The van der Waals surface area contributed by atoms with Crippen molar-refractivity contribution in [3.8, 4) is 10.6 Å². The average Bonchev–Trinajstić information content (AvgIpc) is 3.83. The minimum Gasteiger partial charge on any atom is -0.348 e. The number of amides is 2. The number of carbonyl (C=O) groups is 2. The van der Waals surface area contributed by atoms with E-state index >= 15 is 4.39 Å². The zero-order valence-electron chi connectivity index (χ0n) is 23.0. The molecule has 5 aromatic rings. The third-order valence-corrected chi connectivity index (χ3v) is 8.75. The number of nitrogens with zero attached hydrogens (tertiary/aromatic N) is 8. The van der Waals surface area contributed by atoms with Gasteiger partial charge < -0.3 is 14.8 Å². The Morgan fingerprint density at radius 3 is 2.81 bits per heavy atom. The normalized spacial score (nSPS) is 15.0. The Kier molecular flexibility index (Phi) is 6.65. The van der Waals surface area contributed by atoms with Gasteiger partial charge in [0.2, 0.25) is 5.91 Å². The van der Waals surface area contributed by atoms with Gasteiger partial charge in [-0.15, -0.1) is 16.4 Å². The van der Waals surface area contributed by atoms with Gasteiger partial charge >= 0.3 is 0 Å². The van der Waals surface area contributed by atoms with Gasteiger partial charge in [0.1, 0.15) is 10.7 Å². The summed E-state index contributed by atoms with van der Waals surface area (Å²) in [7, 11) is 0. The number of H-pyrrole nitrogens is 1. The van der Waals surface area contributed by atoms with Gasteiger partial charge in [0, 0.05) is 72.5 Å². The second-order valence-corrected chi connectivity index (χ2v) is 11.3. The molecule has 2 aliphatic heterocycles. The molecule has 13 heteroatoms. The van der Waals surface area contributed by atoms with Crippen LogP contribution in [0.5, 0.6) is 0 Å². The van der Waals surface area contributed by atoms with E-state index in [0.29, 0.717) is 55.8 Å². The summed E-state index contributed by atoms with van der Waals surface area (Å²) in [6.07, 6.45) is 9.70. The van der Waals surface area contributed by atoms with E-state index in [1.807, 2.05) is 29.3 Å². The molecule has 214 valence electrons. The third kappa shape index (κ3) is 4.59. The molecule has 0 spiro atoms. The van der Waals surface area contributed by atoms with Crippen LogP contribution in [-0.4, -0.2) is 69.4 Å². The first-order valence-electron chi connectivity index (χ1n) is 13.9. The van der Waals surface area contributed by atoms with Gasteiger partial charge in [-0.1, -0.05) is 11.3 Å². The molecule has 0 radical (unpaired) electrons. The first-order chi connectivity index (χ1) is 20.5. The SMILES string of the molecule is CCn1ncc2c1CN(C(=O)c1cc3c(-c4nccs4)cc(C4=CCCN(C(=O)CCn5ccnn5)C4)c(F)c3[nH]1)C2. The van der Waals surface area contributed by atoms with Gasteiger partial charge in [-0.05, 0) is 31.1 Å². The van der Waals surface area contributed by atoms with Crippen molar-refractivity contribution < 1.29 is 14.0 Å². The van der Waals surface area contributed by atoms with E-state index in [-0.39, 0.29) is 23.8 Å². The smallest absolute Gasteiger partial charge is 0.270 e. The molecule has 0 atom stereocenters. The predicted molar refractivity (Wildman–Crippen MR) is 155 cm³/mol. The van der Waals surface area contributed by atoms with Crippen molar-refractivity contribution in [2.24, 2.45) is 0 Å². The van der Waals surface area contributed by atoms with E-state index in [9.17, 15) is 9.59 Å². The summed E-state index contributed by atoms with van der Waals surface area (Å²) < 4.78 is 19.8. The number of aryl methyl sites for hydroxylation is 2. The number of nitrogens with one attached hydrogen (secondary N) is 1. The molecular weight excluding hydrogens is 557 g/mol. The van der Waals surface area contributed by atoms with Gasteiger partial charge in [-0.3, -0.25) is 19.0 Å². The van der Waals surface area contributed by atoms with Crippen molar-refractivity contribution in [3.63, 3.8) is 0 Å². The molecule has 0 bridgehead atoms. The number of thiazole rings is 1. The Morgan fingerprint density at radius 2 is 2.02 bits per heavy atom. The fraction of sp³-hybridized carbons (Fsp3) is 0.310. The van der Waals surface area contributed by atoms with Crippen molar-refractivity contribution >= 4 is 39.6 Å². The molecule has 0 saturated carbocycles. The fourth-order valence-electron chi connectivity index (χ4n) is 5.81. The fourth-order valence-corrected chi connectivity index (χ4v) is 6.48. The van der Waals surface area contributed by atoms with Crippen LogP contribution in [-0.2, 0) is 31.0 Å². The highest BCUT2D eigenvalue weighted by molar-refractivity contribution is 7.13. The lowest BCUT2D eigenvalue weighted by molar-refractivity contribution is -0.131.